The molecular formula is C18H15ClN2O4. The van der Waals surface area contributed by atoms with Gasteiger partial charge in [0, 0.05) is 10.6 Å². The van der Waals surface area contributed by atoms with Crippen molar-refractivity contribution in [2.24, 2.45) is 0 Å². The van der Waals surface area contributed by atoms with Crippen LogP contribution in [-0.2, 0) is 9.59 Å². The number of amides is 2. The monoisotopic (exact) mass is 358 g/mol. The number of halogens is 1. The predicted octanol–water partition coefficient (Wildman–Crippen LogP) is 2.31. The van der Waals surface area contributed by atoms with Gasteiger partial charge in [0.1, 0.15) is 12.2 Å². The Bertz CT molecular complexity index is 802. The van der Waals surface area contributed by atoms with E-state index in [-0.39, 0.29) is 5.70 Å². The molecule has 3 N–H and O–H groups in total. The number of carbonyl (C=O) groups excluding carboxylic acids is 2. The molecule has 0 aliphatic heterocycles. The first-order chi connectivity index (χ1) is 12.0. The summed E-state index contributed by atoms with van der Waals surface area (Å²) < 4.78 is 0. The third kappa shape index (κ3) is 5.78. The number of carbonyl (C=O) groups is 3. The van der Waals surface area contributed by atoms with Crippen molar-refractivity contribution in [1.29, 1.82) is 0 Å². The van der Waals surface area contributed by atoms with Crippen LogP contribution in [0.4, 0.5) is 0 Å². The van der Waals surface area contributed by atoms with Crippen molar-refractivity contribution < 1.29 is 19.5 Å². The molecule has 7 heteroatoms. The zero-order valence-electron chi connectivity index (χ0n) is 13.0. The lowest BCUT2D eigenvalue weighted by atomic mass is 10.1. The highest BCUT2D eigenvalue weighted by Gasteiger charge is 2.15. The molecule has 0 unspecified atom stereocenters. The van der Waals surface area contributed by atoms with E-state index in [1.807, 2.05) is 0 Å². The Kier molecular flexibility index (Phi) is 6.31. The van der Waals surface area contributed by atoms with Gasteiger partial charge in [-0.1, -0.05) is 41.9 Å². The molecule has 128 valence electrons. The van der Waals surface area contributed by atoms with Crippen molar-refractivity contribution in [1.82, 2.24) is 10.6 Å². The second kappa shape index (κ2) is 8.65. The van der Waals surface area contributed by atoms with E-state index in [0.29, 0.717) is 16.1 Å². The molecule has 0 aliphatic carbocycles. The fourth-order valence-corrected chi connectivity index (χ4v) is 2.05. The number of carboxylic acid groups (broad SMARTS) is 1. The molecule has 0 saturated carbocycles. The van der Waals surface area contributed by atoms with Crippen LogP contribution in [0.3, 0.4) is 0 Å². The number of benzene rings is 2. The van der Waals surface area contributed by atoms with Crippen LogP contribution in [0.1, 0.15) is 15.9 Å². The minimum Gasteiger partial charge on any atom is -0.480 e. The molecule has 0 spiro atoms. The summed E-state index contributed by atoms with van der Waals surface area (Å²) in [5.74, 6) is -2.37. The smallest absolute Gasteiger partial charge is 0.322 e. The van der Waals surface area contributed by atoms with Crippen LogP contribution in [-0.4, -0.2) is 29.4 Å². The molecule has 0 saturated heterocycles. The summed E-state index contributed by atoms with van der Waals surface area (Å²) >= 11 is 5.82. The van der Waals surface area contributed by atoms with Gasteiger partial charge in [0.05, 0.1) is 0 Å². The van der Waals surface area contributed by atoms with Crippen LogP contribution < -0.4 is 10.6 Å². The molecule has 2 aromatic rings. The molecule has 25 heavy (non-hydrogen) atoms. The normalized spacial score (nSPS) is 10.8. The summed E-state index contributed by atoms with van der Waals surface area (Å²) in [6.07, 6.45) is 1.44. The zero-order valence-corrected chi connectivity index (χ0v) is 13.8. The maximum atomic E-state index is 12.3. The van der Waals surface area contributed by atoms with Crippen molar-refractivity contribution >= 4 is 35.5 Å². The Morgan fingerprint density at radius 3 is 2.24 bits per heavy atom. The van der Waals surface area contributed by atoms with Gasteiger partial charge in [0.15, 0.2) is 0 Å². The average Bonchev–Trinajstić information content (AvgIpc) is 2.61. The molecule has 0 heterocycles. The van der Waals surface area contributed by atoms with Crippen LogP contribution >= 0.6 is 11.6 Å². The number of hydrogen-bond donors (Lipinski definition) is 3. The fraction of sp³-hybridized carbons (Fsp3) is 0.0556. The molecular weight excluding hydrogens is 344 g/mol. The van der Waals surface area contributed by atoms with Gasteiger partial charge < -0.3 is 15.7 Å². The van der Waals surface area contributed by atoms with Crippen molar-refractivity contribution in [3.63, 3.8) is 0 Å². The largest absolute Gasteiger partial charge is 0.480 e. The minimum atomic E-state index is -1.19. The van der Waals surface area contributed by atoms with Gasteiger partial charge in [-0.3, -0.25) is 14.4 Å². The van der Waals surface area contributed by atoms with E-state index in [2.05, 4.69) is 10.6 Å². The number of carboxylic acids is 1. The van der Waals surface area contributed by atoms with Crippen LogP contribution in [0.5, 0.6) is 0 Å². The molecule has 0 atom stereocenters. The topological polar surface area (TPSA) is 95.5 Å². The van der Waals surface area contributed by atoms with Crippen LogP contribution in [0.25, 0.3) is 6.08 Å². The number of rotatable bonds is 6. The van der Waals surface area contributed by atoms with Gasteiger partial charge in [0.2, 0.25) is 0 Å². The lowest BCUT2D eigenvalue weighted by Gasteiger charge is -2.10. The van der Waals surface area contributed by atoms with Gasteiger partial charge in [-0.2, -0.15) is 0 Å². The van der Waals surface area contributed by atoms with Crippen LogP contribution in [0.15, 0.2) is 60.3 Å². The number of nitrogens with one attached hydrogen (secondary N) is 2. The number of aliphatic carboxylic acids is 1. The van der Waals surface area contributed by atoms with E-state index in [4.69, 9.17) is 16.7 Å². The first kappa shape index (κ1) is 18.2. The molecule has 0 radical (unpaired) electrons. The minimum absolute atomic E-state index is 0.0718. The van der Waals surface area contributed by atoms with E-state index in [1.54, 1.807) is 54.6 Å². The first-order valence-corrected chi connectivity index (χ1v) is 7.67. The predicted molar refractivity (Wildman–Crippen MR) is 94.0 cm³/mol. The summed E-state index contributed by atoms with van der Waals surface area (Å²) in [5, 5.41) is 13.9. The van der Waals surface area contributed by atoms with Gasteiger partial charge in [-0.15, -0.1) is 0 Å². The van der Waals surface area contributed by atoms with Crippen LogP contribution in [0, 0.1) is 0 Å². The average molecular weight is 359 g/mol. The third-order valence-electron chi connectivity index (χ3n) is 3.11. The lowest BCUT2D eigenvalue weighted by molar-refractivity contribution is -0.137. The quantitative estimate of drug-likeness (QED) is 0.690. The van der Waals surface area contributed by atoms with E-state index in [0.717, 1.165) is 0 Å². The second-order valence-corrected chi connectivity index (χ2v) is 5.44. The van der Waals surface area contributed by atoms with E-state index in [9.17, 15) is 14.4 Å². The Morgan fingerprint density at radius 2 is 1.64 bits per heavy atom. The lowest BCUT2D eigenvalue weighted by Crippen LogP contribution is -2.37. The molecule has 2 rings (SSSR count). The molecule has 0 fully saturated rings. The van der Waals surface area contributed by atoms with Gasteiger partial charge in [-0.05, 0) is 35.9 Å². The highest BCUT2D eigenvalue weighted by Crippen LogP contribution is 2.12. The van der Waals surface area contributed by atoms with Crippen molar-refractivity contribution in [2.45, 2.75) is 0 Å². The highest BCUT2D eigenvalue weighted by molar-refractivity contribution is 6.30. The Morgan fingerprint density at radius 1 is 1.00 bits per heavy atom. The summed E-state index contributed by atoms with van der Waals surface area (Å²) in [5.41, 5.74) is 0.922. The number of hydrogen-bond acceptors (Lipinski definition) is 3. The summed E-state index contributed by atoms with van der Waals surface area (Å²) in [6, 6.07) is 15.0. The second-order valence-electron chi connectivity index (χ2n) is 5.01. The van der Waals surface area contributed by atoms with Gasteiger partial charge >= 0.3 is 5.97 Å². The third-order valence-corrected chi connectivity index (χ3v) is 3.36. The maximum absolute atomic E-state index is 12.3. The summed E-state index contributed by atoms with van der Waals surface area (Å²) in [4.78, 5) is 35.1. The van der Waals surface area contributed by atoms with Crippen molar-refractivity contribution in [3.8, 4) is 0 Å². The maximum Gasteiger partial charge on any atom is 0.322 e. The molecule has 2 amide bonds. The zero-order chi connectivity index (χ0) is 18.2. The standard InChI is InChI=1S/C18H15ClN2O4/c19-14-8-6-12(7-9-14)10-15(18(25)20-11-16(22)23)21-17(24)13-4-2-1-3-5-13/h1-10H,11H2,(H,20,25)(H,21,24)(H,22,23)/b15-10-. The highest BCUT2D eigenvalue weighted by atomic mass is 35.5. The van der Waals surface area contributed by atoms with Crippen molar-refractivity contribution in [2.75, 3.05) is 6.54 Å². The molecule has 0 aromatic heterocycles. The van der Waals surface area contributed by atoms with Gasteiger partial charge in [-0.25, -0.2) is 0 Å². The summed E-state index contributed by atoms with van der Waals surface area (Å²) in [6.45, 7) is -0.558. The van der Waals surface area contributed by atoms with Crippen LogP contribution in [0.2, 0.25) is 5.02 Å². The molecule has 2 aromatic carbocycles. The van der Waals surface area contributed by atoms with Gasteiger partial charge in [0.25, 0.3) is 11.8 Å². The molecule has 6 nitrogen and oxygen atoms in total. The fourth-order valence-electron chi connectivity index (χ4n) is 1.92. The summed E-state index contributed by atoms with van der Waals surface area (Å²) in [7, 11) is 0. The first-order valence-electron chi connectivity index (χ1n) is 7.29. The molecule has 0 bridgehead atoms. The van der Waals surface area contributed by atoms with E-state index < -0.39 is 24.3 Å². The Balaban J connectivity index is 2.24. The SMILES string of the molecule is O=C(O)CNC(=O)/C(=C/c1ccc(Cl)cc1)NC(=O)c1ccccc1. The Hall–Kier alpha value is -3.12. The van der Waals surface area contributed by atoms with E-state index >= 15 is 0 Å². The Labute approximate surface area is 149 Å². The van der Waals surface area contributed by atoms with E-state index in [1.165, 1.54) is 6.08 Å². The van der Waals surface area contributed by atoms with Crippen molar-refractivity contribution in [3.05, 3.63) is 76.4 Å². The molecule has 0 aliphatic rings.